The van der Waals surface area contributed by atoms with E-state index in [2.05, 4.69) is 6.58 Å². The molecule has 0 atom stereocenters. The van der Waals surface area contributed by atoms with Crippen molar-refractivity contribution in [1.82, 2.24) is 0 Å². The Morgan fingerprint density at radius 3 is 2.85 bits per heavy atom. The van der Waals surface area contributed by atoms with Crippen molar-refractivity contribution in [2.75, 3.05) is 0 Å². The van der Waals surface area contributed by atoms with E-state index in [1.807, 2.05) is 0 Å². The smallest absolute Gasteiger partial charge is 0.144 e. The van der Waals surface area contributed by atoms with Gasteiger partial charge in [0, 0.05) is 0 Å². The van der Waals surface area contributed by atoms with Gasteiger partial charge in [0.05, 0.1) is 5.03 Å². The van der Waals surface area contributed by atoms with Gasteiger partial charge in [0.2, 0.25) is 0 Å². The van der Waals surface area contributed by atoms with Gasteiger partial charge in [-0.25, -0.2) is 4.39 Å². The summed E-state index contributed by atoms with van der Waals surface area (Å²) >= 11 is 5.76. The van der Waals surface area contributed by atoms with Crippen molar-refractivity contribution in [3.05, 3.63) is 34.7 Å². The fourth-order valence-electron chi connectivity index (χ4n) is 1.32. The van der Waals surface area contributed by atoms with Crippen molar-refractivity contribution in [3.8, 4) is 0 Å². The van der Waals surface area contributed by atoms with E-state index in [4.69, 9.17) is 11.6 Å². The lowest BCUT2D eigenvalue weighted by Crippen LogP contribution is -1.87. The Labute approximate surface area is 83.8 Å². The predicted molar refractivity (Wildman–Crippen MR) is 55.4 cm³/mol. The molecular formula is C11H14ClF. The SMILES string of the molecule is C=C1CCCC/C=C(/Cl)C(F)=C1C. The Bertz CT molecular complexity index is 274. The van der Waals surface area contributed by atoms with Gasteiger partial charge in [-0.15, -0.1) is 0 Å². The highest BCUT2D eigenvalue weighted by atomic mass is 35.5. The van der Waals surface area contributed by atoms with Crippen molar-refractivity contribution in [2.24, 2.45) is 0 Å². The van der Waals surface area contributed by atoms with E-state index in [1.54, 1.807) is 13.0 Å². The molecule has 0 unspecified atom stereocenters. The summed E-state index contributed by atoms with van der Waals surface area (Å²) in [5, 5.41) is 0.237. The zero-order valence-electron chi connectivity index (χ0n) is 7.87. The van der Waals surface area contributed by atoms with Crippen LogP contribution in [0.5, 0.6) is 0 Å². The van der Waals surface area contributed by atoms with Crippen LogP contribution in [0.15, 0.2) is 34.7 Å². The third kappa shape index (κ3) is 2.70. The quantitative estimate of drug-likeness (QED) is 0.541. The fraction of sp³-hybridized carbons (Fsp3) is 0.455. The second kappa shape index (κ2) is 4.61. The summed E-state index contributed by atoms with van der Waals surface area (Å²) in [4.78, 5) is 0. The Morgan fingerprint density at radius 1 is 1.46 bits per heavy atom. The number of rotatable bonds is 0. The molecule has 0 bridgehead atoms. The van der Waals surface area contributed by atoms with E-state index in [-0.39, 0.29) is 10.9 Å². The van der Waals surface area contributed by atoms with Crippen LogP contribution in [0.2, 0.25) is 0 Å². The van der Waals surface area contributed by atoms with Gasteiger partial charge >= 0.3 is 0 Å². The fourth-order valence-corrected chi connectivity index (χ4v) is 1.57. The van der Waals surface area contributed by atoms with E-state index < -0.39 is 0 Å². The second-order valence-electron chi connectivity index (χ2n) is 3.34. The van der Waals surface area contributed by atoms with Gasteiger partial charge in [0.1, 0.15) is 5.83 Å². The number of allylic oxidation sites excluding steroid dienone is 5. The van der Waals surface area contributed by atoms with E-state index in [9.17, 15) is 4.39 Å². The second-order valence-corrected chi connectivity index (χ2v) is 3.75. The molecule has 2 heteroatoms. The molecule has 0 nitrogen and oxygen atoms in total. The summed E-state index contributed by atoms with van der Waals surface area (Å²) in [6, 6.07) is 0. The molecule has 0 heterocycles. The largest absolute Gasteiger partial charge is 0.205 e. The van der Waals surface area contributed by atoms with Crippen LogP contribution < -0.4 is 0 Å². The highest BCUT2D eigenvalue weighted by Crippen LogP contribution is 2.28. The Kier molecular flexibility index (Phi) is 3.73. The van der Waals surface area contributed by atoms with Crippen LogP contribution in [0.25, 0.3) is 0 Å². The van der Waals surface area contributed by atoms with Gasteiger partial charge in [0.15, 0.2) is 0 Å². The molecule has 0 saturated carbocycles. The van der Waals surface area contributed by atoms with Crippen LogP contribution in [-0.2, 0) is 0 Å². The van der Waals surface area contributed by atoms with Gasteiger partial charge < -0.3 is 0 Å². The predicted octanol–water partition coefficient (Wildman–Crippen LogP) is 4.48. The Balaban J connectivity index is 2.98. The highest BCUT2D eigenvalue weighted by Gasteiger charge is 2.10. The molecule has 0 aromatic rings. The van der Waals surface area contributed by atoms with E-state index in [0.717, 1.165) is 31.3 Å². The van der Waals surface area contributed by atoms with Crippen molar-refractivity contribution in [1.29, 1.82) is 0 Å². The first-order chi connectivity index (χ1) is 6.13. The molecule has 1 rings (SSSR count). The molecule has 1 aliphatic rings. The van der Waals surface area contributed by atoms with Gasteiger partial charge in [-0.2, -0.15) is 0 Å². The molecule has 0 amide bonds. The molecule has 1 aliphatic carbocycles. The summed E-state index contributed by atoms with van der Waals surface area (Å²) in [6.07, 6.45) is 5.59. The van der Waals surface area contributed by atoms with Crippen LogP contribution in [0.3, 0.4) is 0 Å². The van der Waals surface area contributed by atoms with Gasteiger partial charge in [-0.05, 0) is 43.8 Å². The van der Waals surface area contributed by atoms with Gasteiger partial charge in [-0.1, -0.05) is 24.3 Å². The molecule has 0 aliphatic heterocycles. The maximum absolute atomic E-state index is 13.5. The zero-order valence-corrected chi connectivity index (χ0v) is 8.62. The van der Waals surface area contributed by atoms with Crippen molar-refractivity contribution in [3.63, 3.8) is 0 Å². The Morgan fingerprint density at radius 2 is 2.15 bits per heavy atom. The van der Waals surface area contributed by atoms with Crippen LogP contribution in [0, 0.1) is 0 Å². The molecule has 0 fully saturated rings. The zero-order chi connectivity index (χ0) is 9.84. The van der Waals surface area contributed by atoms with Crippen molar-refractivity contribution in [2.45, 2.75) is 32.6 Å². The first kappa shape index (κ1) is 10.5. The standard InChI is InChI=1S/C11H14ClF/c1-8-6-4-3-5-7-10(12)11(13)9(8)2/h7H,1,3-6H2,2H3/b10-7+,11-9?. The molecule has 0 spiro atoms. The normalized spacial score (nSPS) is 24.5. The van der Waals surface area contributed by atoms with E-state index >= 15 is 0 Å². The minimum absolute atomic E-state index is 0.237. The maximum atomic E-state index is 13.5. The third-order valence-corrected chi connectivity index (χ3v) is 2.65. The summed E-state index contributed by atoms with van der Waals surface area (Å²) < 4.78 is 13.5. The average Bonchev–Trinajstić information content (AvgIpc) is 2.16. The first-order valence-corrected chi connectivity index (χ1v) is 4.91. The van der Waals surface area contributed by atoms with Crippen molar-refractivity contribution < 1.29 is 4.39 Å². The molecule has 0 radical (unpaired) electrons. The minimum Gasteiger partial charge on any atom is -0.205 e. The van der Waals surface area contributed by atoms with Crippen LogP contribution in [-0.4, -0.2) is 0 Å². The summed E-state index contributed by atoms with van der Waals surface area (Å²) in [7, 11) is 0. The average molecular weight is 201 g/mol. The molecule has 72 valence electrons. The Hall–Kier alpha value is -0.560. The monoisotopic (exact) mass is 200 g/mol. The first-order valence-electron chi connectivity index (χ1n) is 4.53. The van der Waals surface area contributed by atoms with E-state index in [1.165, 1.54) is 0 Å². The lowest BCUT2D eigenvalue weighted by molar-refractivity contribution is 0.650. The van der Waals surface area contributed by atoms with Crippen molar-refractivity contribution >= 4 is 11.6 Å². The van der Waals surface area contributed by atoms with Crippen LogP contribution >= 0.6 is 11.6 Å². The lowest BCUT2D eigenvalue weighted by atomic mass is 10.0. The number of hydrogen-bond donors (Lipinski definition) is 0. The number of halogens is 2. The summed E-state index contributed by atoms with van der Waals surface area (Å²) in [5.41, 5.74) is 1.47. The molecule has 0 saturated heterocycles. The minimum atomic E-state index is -0.312. The van der Waals surface area contributed by atoms with Gasteiger partial charge in [0.25, 0.3) is 0 Å². The molecule has 0 aromatic heterocycles. The summed E-state index contributed by atoms with van der Waals surface area (Å²) in [6.45, 7) is 5.57. The maximum Gasteiger partial charge on any atom is 0.144 e. The van der Waals surface area contributed by atoms with Gasteiger partial charge in [-0.3, -0.25) is 0 Å². The van der Waals surface area contributed by atoms with Crippen LogP contribution in [0.4, 0.5) is 4.39 Å². The molecule has 0 aromatic carbocycles. The molecule has 13 heavy (non-hydrogen) atoms. The van der Waals surface area contributed by atoms with E-state index in [0.29, 0.717) is 5.57 Å². The van der Waals surface area contributed by atoms with Crippen LogP contribution in [0.1, 0.15) is 32.6 Å². The number of hydrogen-bond acceptors (Lipinski definition) is 0. The third-order valence-electron chi connectivity index (χ3n) is 2.33. The highest BCUT2D eigenvalue weighted by molar-refractivity contribution is 6.31. The lowest BCUT2D eigenvalue weighted by Gasteiger charge is -2.05. The summed E-state index contributed by atoms with van der Waals surface area (Å²) in [5.74, 6) is -0.312. The topological polar surface area (TPSA) is 0 Å². The molecule has 0 N–H and O–H groups in total. The molecular weight excluding hydrogens is 187 g/mol.